The molecule has 1 unspecified atom stereocenters. The molecule has 0 fully saturated rings. The quantitative estimate of drug-likeness (QED) is 0.693. The number of carbonyl (C=O) groups is 1. The molecule has 4 nitrogen and oxygen atoms in total. The van der Waals surface area contributed by atoms with Crippen LogP contribution in [0.1, 0.15) is 16.7 Å². The van der Waals surface area contributed by atoms with Gasteiger partial charge in [0, 0.05) is 17.3 Å². The minimum atomic E-state index is -0.863. The first kappa shape index (κ1) is 16.8. The Kier molecular flexibility index (Phi) is 3.66. The summed E-state index contributed by atoms with van der Waals surface area (Å²) < 4.78 is 24.5. The maximum Gasteiger partial charge on any atom is 0.246 e. The molecule has 1 spiro atoms. The maximum atomic E-state index is 13.7. The van der Waals surface area contributed by atoms with Crippen molar-refractivity contribution >= 4 is 11.6 Å². The molecular weight excluding hydrogens is 357 g/mol. The summed E-state index contributed by atoms with van der Waals surface area (Å²) in [6.45, 7) is 0.634. The van der Waals surface area contributed by atoms with E-state index in [4.69, 9.17) is 9.47 Å². The van der Waals surface area contributed by atoms with Crippen LogP contribution in [0.25, 0.3) is 0 Å². The van der Waals surface area contributed by atoms with Gasteiger partial charge in [0.15, 0.2) is 0 Å². The number of fused-ring (bicyclic) bond motifs is 4. The molecule has 140 valence electrons. The minimum Gasteiger partial charge on any atom is -0.497 e. The largest absolute Gasteiger partial charge is 0.497 e. The molecule has 0 aromatic heterocycles. The van der Waals surface area contributed by atoms with E-state index in [0.717, 1.165) is 22.4 Å². The fraction of sp³-hybridized carbons (Fsp3) is 0.174. The lowest BCUT2D eigenvalue weighted by Gasteiger charge is -2.23. The number of para-hydroxylation sites is 1. The smallest absolute Gasteiger partial charge is 0.246 e. The van der Waals surface area contributed by atoms with Crippen LogP contribution in [0.4, 0.5) is 10.1 Å². The van der Waals surface area contributed by atoms with Gasteiger partial charge in [0.05, 0.1) is 13.7 Å². The van der Waals surface area contributed by atoms with Gasteiger partial charge in [-0.3, -0.25) is 4.79 Å². The van der Waals surface area contributed by atoms with E-state index in [1.165, 1.54) is 12.1 Å². The molecule has 3 aromatic rings. The lowest BCUT2D eigenvalue weighted by Crippen LogP contribution is -2.42. The number of nitrogens with zero attached hydrogens (tertiary/aromatic N) is 1. The summed E-state index contributed by atoms with van der Waals surface area (Å²) in [7, 11) is 1.60. The summed E-state index contributed by atoms with van der Waals surface area (Å²) in [5, 5.41) is 0. The summed E-state index contributed by atoms with van der Waals surface area (Å²) in [5.41, 5.74) is 2.66. The van der Waals surface area contributed by atoms with Crippen LogP contribution in [0.2, 0.25) is 0 Å². The molecule has 1 atom stereocenters. The van der Waals surface area contributed by atoms with E-state index >= 15 is 0 Å². The van der Waals surface area contributed by atoms with E-state index in [0.29, 0.717) is 18.0 Å². The van der Waals surface area contributed by atoms with Gasteiger partial charge < -0.3 is 14.4 Å². The number of hydrogen-bond donors (Lipinski definition) is 0. The third kappa shape index (κ3) is 2.26. The van der Waals surface area contributed by atoms with Gasteiger partial charge in [0.2, 0.25) is 5.91 Å². The standard InChI is InChI=1S/C23H18FNO3/c1-27-17-10-11-19-21(12-17)28-14-23(19)18-4-2-3-5-20(18)25(22(23)26)13-15-6-8-16(24)9-7-15/h2-12H,13-14H2,1H3. The lowest BCUT2D eigenvalue weighted by atomic mass is 9.77. The van der Waals surface area contributed by atoms with E-state index in [1.807, 2.05) is 42.5 Å². The van der Waals surface area contributed by atoms with Crippen LogP contribution in [-0.2, 0) is 16.8 Å². The van der Waals surface area contributed by atoms with Crippen LogP contribution in [0.15, 0.2) is 66.7 Å². The van der Waals surface area contributed by atoms with E-state index in [-0.39, 0.29) is 18.3 Å². The van der Waals surface area contributed by atoms with Crippen molar-refractivity contribution in [3.63, 3.8) is 0 Å². The molecule has 0 saturated carbocycles. The molecular formula is C23H18FNO3. The van der Waals surface area contributed by atoms with Crippen molar-refractivity contribution in [3.8, 4) is 11.5 Å². The highest BCUT2D eigenvalue weighted by Gasteiger charge is 2.56. The first-order chi connectivity index (χ1) is 13.6. The molecule has 2 aliphatic heterocycles. The fourth-order valence-corrected chi connectivity index (χ4v) is 4.22. The van der Waals surface area contributed by atoms with E-state index in [1.54, 1.807) is 24.1 Å². The molecule has 5 heteroatoms. The lowest BCUT2D eigenvalue weighted by molar-refractivity contribution is -0.122. The second kappa shape index (κ2) is 6.09. The van der Waals surface area contributed by atoms with Crippen LogP contribution < -0.4 is 14.4 Å². The predicted octanol–water partition coefficient (Wildman–Crippen LogP) is 4.06. The second-order valence-electron chi connectivity index (χ2n) is 7.09. The van der Waals surface area contributed by atoms with Gasteiger partial charge in [-0.2, -0.15) is 0 Å². The van der Waals surface area contributed by atoms with Crippen molar-refractivity contribution < 1.29 is 18.7 Å². The van der Waals surface area contributed by atoms with E-state index < -0.39 is 5.41 Å². The molecule has 2 heterocycles. The Morgan fingerprint density at radius 3 is 2.64 bits per heavy atom. The summed E-state index contributed by atoms with van der Waals surface area (Å²) in [5.74, 6) is 1.05. The molecule has 28 heavy (non-hydrogen) atoms. The average Bonchev–Trinajstić information content (AvgIpc) is 3.22. The van der Waals surface area contributed by atoms with Gasteiger partial charge in [-0.1, -0.05) is 36.4 Å². The molecule has 0 bridgehead atoms. The van der Waals surface area contributed by atoms with Gasteiger partial charge >= 0.3 is 0 Å². The molecule has 0 radical (unpaired) electrons. The SMILES string of the molecule is COc1ccc2c(c1)OCC21C(=O)N(Cc2ccc(F)cc2)c2ccccc21. The van der Waals surface area contributed by atoms with Gasteiger partial charge in [0.1, 0.15) is 29.3 Å². The molecule has 1 amide bonds. The Morgan fingerprint density at radius 2 is 1.86 bits per heavy atom. The van der Waals surface area contributed by atoms with Crippen molar-refractivity contribution in [1.29, 1.82) is 0 Å². The number of amides is 1. The molecule has 0 aliphatic carbocycles. The zero-order valence-electron chi connectivity index (χ0n) is 15.3. The number of halogens is 1. The van der Waals surface area contributed by atoms with Crippen LogP contribution in [0.5, 0.6) is 11.5 Å². The zero-order chi connectivity index (χ0) is 19.3. The van der Waals surface area contributed by atoms with E-state index in [2.05, 4.69) is 0 Å². The third-order valence-electron chi connectivity index (χ3n) is 5.61. The average molecular weight is 375 g/mol. The molecule has 5 rings (SSSR count). The van der Waals surface area contributed by atoms with Crippen molar-refractivity contribution in [2.75, 3.05) is 18.6 Å². The number of anilines is 1. The maximum absolute atomic E-state index is 13.7. The predicted molar refractivity (Wildman–Crippen MR) is 103 cm³/mol. The van der Waals surface area contributed by atoms with Gasteiger partial charge in [-0.05, 0) is 35.4 Å². The third-order valence-corrected chi connectivity index (χ3v) is 5.61. The zero-order valence-corrected chi connectivity index (χ0v) is 15.3. The number of ether oxygens (including phenoxy) is 2. The Morgan fingerprint density at radius 1 is 1.07 bits per heavy atom. The first-order valence-corrected chi connectivity index (χ1v) is 9.11. The highest BCUT2D eigenvalue weighted by molar-refractivity contribution is 6.11. The Labute approximate surface area is 162 Å². The highest BCUT2D eigenvalue weighted by atomic mass is 19.1. The van der Waals surface area contributed by atoms with E-state index in [9.17, 15) is 9.18 Å². The monoisotopic (exact) mass is 375 g/mol. The Bertz CT molecular complexity index is 1080. The van der Waals surface area contributed by atoms with Crippen LogP contribution in [0.3, 0.4) is 0 Å². The number of rotatable bonds is 3. The molecule has 3 aromatic carbocycles. The van der Waals surface area contributed by atoms with Crippen LogP contribution >= 0.6 is 0 Å². The molecule has 2 aliphatic rings. The van der Waals surface area contributed by atoms with Crippen molar-refractivity contribution in [1.82, 2.24) is 0 Å². The molecule has 0 N–H and O–H groups in total. The summed E-state index contributed by atoms with van der Waals surface area (Å²) in [4.78, 5) is 15.5. The van der Waals surface area contributed by atoms with Crippen molar-refractivity contribution in [2.45, 2.75) is 12.0 Å². The highest BCUT2D eigenvalue weighted by Crippen LogP contribution is 2.53. The summed E-state index contributed by atoms with van der Waals surface area (Å²) in [6.07, 6.45) is 0. The number of benzene rings is 3. The summed E-state index contributed by atoms with van der Waals surface area (Å²) >= 11 is 0. The second-order valence-corrected chi connectivity index (χ2v) is 7.09. The van der Waals surface area contributed by atoms with Crippen molar-refractivity contribution in [2.24, 2.45) is 0 Å². The van der Waals surface area contributed by atoms with Crippen LogP contribution in [-0.4, -0.2) is 19.6 Å². The van der Waals surface area contributed by atoms with Gasteiger partial charge in [0.25, 0.3) is 0 Å². The van der Waals surface area contributed by atoms with Crippen LogP contribution in [0, 0.1) is 5.82 Å². The summed E-state index contributed by atoms with van der Waals surface area (Å²) in [6, 6.07) is 19.6. The number of methoxy groups -OCH3 is 1. The van der Waals surface area contributed by atoms with Gasteiger partial charge in [-0.25, -0.2) is 4.39 Å². The number of hydrogen-bond acceptors (Lipinski definition) is 3. The Hall–Kier alpha value is -3.34. The Balaban J connectivity index is 1.62. The number of carbonyl (C=O) groups excluding carboxylic acids is 1. The molecule has 0 saturated heterocycles. The van der Waals surface area contributed by atoms with Crippen molar-refractivity contribution in [3.05, 3.63) is 89.2 Å². The fourth-order valence-electron chi connectivity index (χ4n) is 4.22. The normalized spacial score (nSPS) is 19.5. The van der Waals surface area contributed by atoms with Gasteiger partial charge in [-0.15, -0.1) is 0 Å². The topological polar surface area (TPSA) is 38.8 Å². The first-order valence-electron chi connectivity index (χ1n) is 9.11. The minimum absolute atomic E-state index is 0.0260.